The highest BCUT2D eigenvalue weighted by Gasteiger charge is 2.30. The molecule has 1 atom stereocenters. The number of benzene rings is 3. The number of tetrazole rings is 1. The van der Waals surface area contributed by atoms with Crippen LogP contribution in [0, 0.1) is 17.8 Å². The molecule has 0 unspecified atom stereocenters. The van der Waals surface area contributed by atoms with Gasteiger partial charge in [0.15, 0.2) is 0 Å². The van der Waals surface area contributed by atoms with E-state index in [4.69, 9.17) is 9.84 Å². The molecule has 4 aromatic rings. The SMILES string of the molecule is O=C(O)NCC1CCC(C(=O)N[C@@H](Cc2ccc(-c3ccccc3NC(=O)C3CCOCC3)cc2)C(=O)Nc2ccc(-c3nn[nH]n3)cc2)CC1. The fraction of sp³-hybridized carbons (Fsp3) is 0.378. The molecule has 1 aliphatic carbocycles. The lowest BCUT2D eigenvalue weighted by atomic mass is 9.81. The van der Waals surface area contributed by atoms with E-state index in [2.05, 4.69) is 41.9 Å². The number of para-hydroxylation sites is 1. The Labute approximate surface area is 295 Å². The number of aromatic nitrogens is 4. The van der Waals surface area contributed by atoms with Gasteiger partial charge >= 0.3 is 6.09 Å². The van der Waals surface area contributed by atoms with Crippen LogP contribution in [0.2, 0.25) is 0 Å². The minimum atomic E-state index is -1.05. The van der Waals surface area contributed by atoms with Crippen molar-refractivity contribution >= 4 is 35.2 Å². The van der Waals surface area contributed by atoms with Crippen LogP contribution in [-0.4, -0.2) is 75.3 Å². The molecular formula is C37H42N8O6. The summed E-state index contributed by atoms with van der Waals surface area (Å²) in [4.78, 5) is 51.2. The predicted molar refractivity (Wildman–Crippen MR) is 189 cm³/mol. The van der Waals surface area contributed by atoms with Gasteiger partial charge in [-0.15, -0.1) is 10.2 Å². The molecule has 2 fully saturated rings. The van der Waals surface area contributed by atoms with Crippen molar-refractivity contribution < 1.29 is 29.0 Å². The highest BCUT2D eigenvalue weighted by atomic mass is 16.5. The Bertz CT molecular complexity index is 1780. The molecule has 1 saturated carbocycles. The maximum atomic E-state index is 13.7. The van der Waals surface area contributed by atoms with Crippen LogP contribution >= 0.6 is 0 Å². The molecule has 3 aromatic carbocycles. The van der Waals surface area contributed by atoms with Gasteiger partial charge in [-0.25, -0.2) is 4.79 Å². The van der Waals surface area contributed by atoms with E-state index in [0.29, 0.717) is 57.0 Å². The first-order chi connectivity index (χ1) is 24.8. The molecule has 0 radical (unpaired) electrons. The van der Waals surface area contributed by atoms with Gasteiger partial charge in [0.25, 0.3) is 0 Å². The van der Waals surface area contributed by atoms with E-state index in [-0.39, 0.29) is 41.9 Å². The first-order valence-corrected chi connectivity index (χ1v) is 17.3. The van der Waals surface area contributed by atoms with E-state index in [9.17, 15) is 19.2 Å². The number of carbonyl (C=O) groups is 4. The molecule has 1 aliphatic heterocycles. The Morgan fingerprint density at radius 1 is 0.804 bits per heavy atom. The van der Waals surface area contributed by atoms with Gasteiger partial charge in [-0.2, -0.15) is 5.21 Å². The molecule has 14 heteroatoms. The second-order valence-corrected chi connectivity index (χ2v) is 13.1. The number of rotatable bonds is 12. The van der Waals surface area contributed by atoms with E-state index in [0.717, 1.165) is 40.8 Å². The van der Waals surface area contributed by atoms with E-state index in [1.807, 2.05) is 48.5 Å². The van der Waals surface area contributed by atoms with Gasteiger partial charge in [-0.1, -0.05) is 42.5 Å². The number of nitrogens with zero attached hydrogens (tertiary/aromatic N) is 3. The molecule has 6 rings (SSSR count). The molecule has 266 valence electrons. The van der Waals surface area contributed by atoms with Crippen molar-refractivity contribution in [2.45, 2.75) is 51.0 Å². The third-order valence-electron chi connectivity index (χ3n) is 9.63. The van der Waals surface area contributed by atoms with Gasteiger partial charge < -0.3 is 31.1 Å². The number of ether oxygens (including phenoxy) is 1. The molecule has 1 saturated heterocycles. The van der Waals surface area contributed by atoms with Crippen molar-refractivity contribution in [2.24, 2.45) is 17.8 Å². The highest BCUT2D eigenvalue weighted by molar-refractivity contribution is 5.98. The summed E-state index contributed by atoms with van der Waals surface area (Å²) in [6, 6.07) is 21.6. The maximum Gasteiger partial charge on any atom is 0.404 e. The van der Waals surface area contributed by atoms with Crippen LogP contribution in [0.1, 0.15) is 44.1 Å². The molecule has 2 aliphatic rings. The van der Waals surface area contributed by atoms with E-state index in [1.54, 1.807) is 24.3 Å². The largest absolute Gasteiger partial charge is 0.465 e. The zero-order chi connectivity index (χ0) is 35.6. The average Bonchev–Trinajstić information content (AvgIpc) is 3.70. The molecule has 4 amide bonds. The van der Waals surface area contributed by atoms with E-state index >= 15 is 0 Å². The van der Waals surface area contributed by atoms with Crippen LogP contribution in [0.3, 0.4) is 0 Å². The summed E-state index contributed by atoms with van der Waals surface area (Å²) in [5.41, 5.74) is 4.63. The molecular weight excluding hydrogens is 652 g/mol. The van der Waals surface area contributed by atoms with Crippen molar-refractivity contribution in [2.75, 3.05) is 30.4 Å². The fourth-order valence-electron chi connectivity index (χ4n) is 6.67. The average molecular weight is 695 g/mol. The molecule has 0 bridgehead atoms. The van der Waals surface area contributed by atoms with Crippen molar-refractivity contribution in [1.82, 2.24) is 31.3 Å². The number of hydrogen-bond donors (Lipinski definition) is 6. The van der Waals surface area contributed by atoms with Gasteiger partial charge in [0, 0.05) is 60.5 Å². The van der Waals surface area contributed by atoms with E-state index in [1.165, 1.54) is 0 Å². The molecule has 1 aromatic heterocycles. The second kappa shape index (κ2) is 16.9. The van der Waals surface area contributed by atoms with Gasteiger partial charge in [-0.05, 0) is 91.1 Å². The first kappa shape index (κ1) is 35.2. The van der Waals surface area contributed by atoms with Gasteiger partial charge in [0.2, 0.25) is 23.5 Å². The minimum absolute atomic E-state index is 0.0122. The summed E-state index contributed by atoms with van der Waals surface area (Å²) >= 11 is 0. The molecule has 0 spiro atoms. The molecule has 51 heavy (non-hydrogen) atoms. The van der Waals surface area contributed by atoms with Crippen molar-refractivity contribution in [3.8, 4) is 22.5 Å². The first-order valence-electron chi connectivity index (χ1n) is 17.3. The monoisotopic (exact) mass is 694 g/mol. The Hall–Kier alpha value is -5.63. The van der Waals surface area contributed by atoms with Gasteiger partial charge in [0.1, 0.15) is 6.04 Å². The smallest absolute Gasteiger partial charge is 0.404 e. The molecule has 14 nitrogen and oxygen atoms in total. The zero-order valence-electron chi connectivity index (χ0n) is 28.1. The second-order valence-electron chi connectivity index (χ2n) is 13.1. The maximum absolute atomic E-state index is 13.7. The Morgan fingerprint density at radius 2 is 1.49 bits per heavy atom. The summed E-state index contributed by atoms with van der Waals surface area (Å²) in [6.45, 7) is 1.53. The number of H-pyrrole nitrogens is 1. The fourth-order valence-corrected chi connectivity index (χ4v) is 6.67. The van der Waals surface area contributed by atoms with Crippen LogP contribution in [0.25, 0.3) is 22.5 Å². The third-order valence-corrected chi connectivity index (χ3v) is 9.63. The normalized spacial score (nSPS) is 18.3. The molecule has 2 heterocycles. The number of aromatic amines is 1. The standard InChI is InChI=1S/C37H42N8O6/c46-34(27-11-7-24(8-12-27)22-38-37(49)50)41-32(36(48)39-29-15-13-26(14-16-29)33-42-44-45-43-33)21-23-5-9-25(10-6-23)30-3-1-2-4-31(30)40-35(47)28-17-19-51-20-18-28/h1-6,9-10,13-16,24,27-28,32,38H,7-8,11-12,17-22H2,(H,39,48)(H,40,47)(H,41,46)(H,49,50)(H,42,43,44,45)/t24?,27?,32-/m0/s1. The predicted octanol–water partition coefficient (Wildman–Crippen LogP) is 4.64. The lowest BCUT2D eigenvalue weighted by Crippen LogP contribution is -2.48. The number of carbonyl (C=O) groups excluding carboxylic acids is 3. The van der Waals surface area contributed by atoms with Crippen molar-refractivity contribution in [1.29, 1.82) is 0 Å². The van der Waals surface area contributed by atoms with Gasteiger partial charge in [0.05, 0.1) is 0 Å². The van der Waals surface area contributed by atoms with Crippen LogP contribution in [-0.2, 0) is 25.5 Å². The molecule has 6 N–H and O–H groups in total. The van der Waals surface area contributed by atoms with Crippen LogP contribution in [0.4, 0.5) is 16.2 Å². The quantitative estimate of drug-likeness (QED) is 0.122. The number of nitrogens with one attached hydrogen (secondary N) is 5. The summed E-state index contributed by atoms with van der Waals surface area (Å²) in [5.74, 6) is -0.316. The van der Waals surface area contributed by atoms with Crippen molar-refractivity contribution in [3.05, 3.63) is 78.4 Å². The van der Waals surface area contributed by atoms with Crippen LogP contribution in [0.5, 0.6) is 0 Å². The Kier molecular flexibility index (Phi) is 11.6. The summed E-state index contributed by atoms with van der Waals surface area (Å²) in [5, 5.41) is 34.4. The number of hydrogen-bond acceptors (Lipinski definition) is 8. The third kappa shape index (κ3) is 9.54. The van der Waals surface area contributed by atoms with Crippen LogP contribution < -0.4 is 21.3 Å². The van der Waals surface area contributed by atoms with Gasteiger partial charge in [-0.3, -0.25) is 14.4 Å². The summed E-state index contributed by atoms with van der Waals surface area (Å²) in [7, 11) is 0. The van der Waals surface area contributed by atoms with Crippen molar-refractivity contribution in [3.63, 3.8) is 0 Å². The number of anilines is 2. The Morgan fingerprint density at radius 3 is 2.18 bits per heavy atom. The lowest BCUT2D eigenvalue weighted by Gasteiger charge is -2.29. The Balaban J connectivity index is 1.14. The zero-order valence-corrected chi connectivity index (χ0v) is 28.1. The summed E-state index contributed by atoms with van der Waals surface area (Å²) < 4.78 is 5.41. The van der Waals surface area contributed by atoms with E-state index < -0.39 is 12.1 Å². The number of amides is 4. The minimum Gasteiger partial charge on any atom is -0.465 e. The topological polar surface area (TPSA) is 200 Å². The summed E-state index contributed by atoms with van der Waals surface area (Å²) in [6.07, 6.45) is 3.27. The highest BCUT2D eigenvalue weighted by Crippen LogP contribution is 2.31. The van der Waals surface area contributed by atoms with Crippen LogP contribution in [0.15, 0.2) is 72.8 Å². The number of carboxylic acid groups (broad SMARTS) is 1. The lowest BCUT2D eigenvalue weighted by molar-refractivity contribution is -0.130.